The molecule has 32 heavy (non-hydrogen) atoms. The minimum Gasteiger partial charge on any atom is -0.493 e. The zero-order valence-electron chi connectivity index (χ0n) is 18.3. The fourth-order valence-corrected chi connectivity index (χ4v) is 3.95. The number of aromatic nitrogens is 2. The average Bonchev–Trinajstić information content (AvgIpc) is 3.13. The van der Waals surface area contributed by atoms with Crippen LogP contribution in [0.1, 0.15) is 16.1 Å². The number of rotatable bonds is 8. The Bertz CT molecular complexity index is 1130. The van der Waals surface area contributed by atoms with E-state index in [1.807, 2.05) is 37.2 Å². The van der Waals surface area contributed by atoms with Crippen LogP contribution in [-0.4, -0.2) is 61.7 Å². The molecule has 1 amide bonds. The molecule has 3 N–H and O–H groups in total. The molecule has 1 aliphatic rings. The third-order valence-electron chi connectivity index (χ3n) is 5.25. The summed E-state index contributed by atoms with van der Waals surface area (Å²) in [6, 6.07) is 7.32. The Balaban J connectivity index is 1.81. The third-order valence-corrected chi connectivity index (χ3v) is 5.54. The van der Waals surface area contributed by atoms with Crippen molar-refractivity contribution in [3.63, 3.8) is 0 Å². The first kappa shape index (κ1) is 22.0. The number of nitrogens with zero attached hydrogens (tertiary/aromatic N) is 2. The van der Waals surface area contributed by atoms with Crippen molar-refractivity contribution in [2.45, 2.75) is 6.42 Å². The summed E-state index contributed by atoms with van der Waals surface area (Å²) in [5.41, 5.74) is 4.29. The number of likely N-dealkylation sites (N-methyl/N-ethyl adjacent to an activating group) is 1. The maximum Gasteiger partial charge on any atom is 0.255 e. The van der Waals surface area contributed by atoms with Gasteiger partial charge in [-0.25, -0.2) is 0 Å². The zero-order chi connectivity index (χ0) is 22.7. The molecule has 3 aromatic rings. The van der Waals surface area contributed by atoms with Gasteiger partial charge in [0.25, 0.3) is 5.91 Å². The van der Waals surface area contributed by atoms with E-state index in [0.717, 1.165) is 23.5 Å². The lowest BCUT2D eigenvalue weighted by atomic mass is 10.0. The molecule has 0 atom stereocenters. The average molecular weight is 456 g/mol. The van der Waals surface area contributed by atoms with Crippen LogP contribution in [0.5, 0.6) is 11.5 Å². The summed E-state index contributed by atoms with van der Waals surface area (Å²) >= 11 is 6.32. The fraction of sp³-hybridized carbons (Fsp3) is 0.304. The van der Waals surface area contributed by atoms with Gasteiger partial charge in [-0.3, -0.25) is 9.78 Å². The van der Waals surface area contributed by atoms with Crippen LogP contribution >= 0.6 is 11.6 Å². The number of ether oxygens (including phenoxy) is 2. The lowest BCUT2D eigenvalue weighted by Gasteiger charge is -2.17. The monoisotopic (exact) mass is 455 g/mol. The molecule has 2 aromatic heterocycles. The van der Waals surface area contributed by atoms with E-state index >= 15 is 0 Å². The van der Waals surface area contributed by atoms with Gasteiger partial charge in [0.15, 0.2) is 5.75 Å². The molecule has 0 unspecified atom stereocenters. The van der Waals surface area contributed by atoms with Crippen LogP contribution in [-0.2, 0) is 6.42 Å². The highest BCUT2D eigenvalue weighted by Crippen LogP contribution is 2.42. The van der Waals surface area contributed by atoms with Gasteiger partial charge < -0.3 is 30.0 Å². The standard InChI is InChI=1S/C23H26ClN5O3/c1-29(2)11-12-32-18-13-25-9-7-14(18)20-21(19-16(27-20)8-10-26-23(19)30)28-17-6-4-5-15(24)22(17)31-3/h4-7,9,13,27-28H,8,10-12H2,1-3H3,(H,26,30). The van der Waals surface area contributed by atoms with Gasteiger partial charge in [-0.2, -0.15) is 0 Å². The molecule has 0 saturated carbocycles. The summed E-state index contributed by atoms with van der Waals surface area (Å²) in [5, 5.41) is 6.79. The molecule has 1 aliphatic heterocycles. The number of halogens is 1. The van der Waals surface area contributed by atoms with Gasteiger partial charge in [0, 0.05) is 37.0 Å². The highest BCUT2D eigenvalue weighted by Gasteiger charge is 2.28. The second-order valence-electron chi connectivity index (χ2n) is 7.70. The van der Waals surface area contributed by atoms with Gasteiger partial charge in [0.1, 0.15) is 12.4 Å². The van der Waals surface area contributed by atoms with Crippen molar-refractivity contribution in [2.24, 2.45) is 0 Å². The van der Waals surface area contributed by atoms with Crippen molar-refractivity contribution in [1.82, 2.24) is 20.2 Å². The minimum absolute atomic E-state index is 0.138. The number of carbonyl (C=O) groups is 1. The van der Waals surface area contributed by atoms with Gasteiger partial charge in [0.2, 0.25) is 0 Å². The molecular formula is C23H26ClN5O3. The predicted octanol–water partition coefficient (Wildman–Crippen LogP) is 3.71. The Hall–Kier alpha value is -3.23. The third kappa shape index (κ3) is 4.37. The molecule has 9 heteroatoms. The van der Waals surface area contributed by atoms with Crippen molar-refractivity contribution in [3.05, 3.63) is 52.9 Å². The first-order chi connectivity index (χ1) is 15.5. The molecule has 0 fully saturated rings. The van der Waals surface area contributed by atoms with E-state index in [9.17, 15) is 4.79 Å². The molecule has 0 saturated heterocycles. The van der Waals surface area contributed by atoms with Crippen LogP contribution in [0.3, 0.4) is 0 Å². The summed E-state index contributed by atoms with van der Waals surface area (Å²) in [4.78, 5) is 22.5. The molecule has 4 rings (SSSR count). The second-order valence-corrected chi connectivity index (χ2v) is 8.11. The van der Waals surface area contributed by atoms with E-state index in [4.69, 9.17) is 21.1 Å². The smallest absolute Gasteiger partial charge is 0.255 e. The van der Waals surface area contributed by atoms with Crippen molar-refractivity contribution in [2.75, 3.05) is 46.2 Å². The molecule has 0 radical (unpaired) electrons. The number of nitrogens with one attached hydrogen (secondary N) is 3. The van der Waals surface area contributed by atoms with E-state index in [1.54, 1.807) is 25.6 Å². The van der Waals surface area contributed by atoms with E-state index in [0.29, 0.717) is 53.0 Å². The molecule has 1 aromatic carbocycles. The summed E-state index contributed by atoms with van der Waals surface area (Å²) < 4.78 is 11.5. The fourth-order valence-electron chi connectivity index (χ4n) is 3.70. The SMILES string of the molecule is COc1c(Cl)cccc1Nc1c(-c2ccncc2OCCN(C)C)[nH]c2c1C(=O)NCC2. The number of hydrogen-bond donors (Lipinski definition) is 3. The highest BCUT2D eigenvalue weighted by molar-refractivity contribution is 6.32. The zero-order valence-corrected chi connectivity index (χ0v) is 19.0. The number of pyridine rings is 1. The number of aromatic amines is 1. The van der Waals surface area contributed by atoms with Gasteiger partial charge in [-0.05, 0) is 32.3 Å². The van der Waals surface area contributed by atoms with Crippen LogP contribution in [0.2, 0.25) is 5.02 Å². The van der Waals surface area contributed by atoms with Crippen LogP contribution in [0.4, 0.5) is 11.4 Å². The number of methoxy groups -OCH3 is 1. The van der Waals surface area contributed by atoms with Crippen molar-refractivity contribution in [1.29, 1.82) is 0 Å². The Morgan fingerprint density at radius 2 is 2.12 bits per heavy atom. The lowest BCUT2D eigenvalue weighted by Crippen LogP contribution is -2.31. The van der Waals surface area contributed by atoms with Gasteiger partial charge in [-0.1, -0.05) is 17.7 Å². The Kier molecular flexibility index (Phi) is 6.53. The lowest BCUT2D eigenvalue weighted by molar-refractivity contribution is 0.0947. The van der Waals surface area contributed by atoms with Crippen molar-refractivity contribution in [3.8, 4) is 22.8 Å². The van der Waals surface area contributed by atoms with E-state index in [1.165, 1.54) is 0 Å². The number of benzene rings is 1. The highest BCUT2D eigenvalue weighted by atomic mass is 35.5. The minimum atomic E-state index is -0.138. The number of fused-ring (bicyclic) bond motifs is 1. The van der Waals surface area contributed by atoms with Crippen LogP contribution in [0.25, 0.3) is 11.3 Å². The van der Waals surface area contributed by atoms with Gasteiger partial charge in [-0.15, -0.1) is 0 Å². The van der Waals surface area contributed by atoms with Crippen molar-refractivity contribution < 1.29 is 14.3 Å². The summed E-state index contributed by atoms with van der Waals surface area (Å²) in [6.45, 7) is 1.86. The van der Waals surface area contributed by atoms with E-state index in [2.05, 4.69) is 20.6 Å². The summed E-state index contributed by atoms with van der Waals surface area (Å²) in [7, 11) is 5.54. The van der Waals surface area contributed by atoms with Gasteiger partial charge >= 0.3 is 0 Å². The Morgan fingerprint density at radius 3 is 2.91 bits per heavy atom. The van der Waals surface area contributed by atoms with Crippen LogP contribution in [0, 0.1) is 0 Å². The Labute approximate surface area is 191 Å². The number of para-hydroxylation sites is 1. The van der Waals surface area contributed by atoms with E-state index in [-0.39, 0.29) is 5.91 Å². The number of anilines is 2. The number of H-pyrrole nitrogens is 1. The maximum atomic E-state index is 12.8. The molecule has 0 bridgehead atoms. The van der Waals surface area contributed by atoms with Crippen molar-refractivity contribution >= 4 is 28.9 Å². The largest absolute Gasteiger partial charge is 0.493 e. The number of amides is 1. The van der Waals surface area contributed by atoms with Gasteiger partial charge in [0.05, 0.1) is 41.0 Å². The van der Waals surface area contributed by atoms with E-state index < -0.39 is 0 Å². The Morgan fingerprint density at radius 1 is 1.28 bits per heavy atom. The summed E-state index contributed by atoms with van der Waals surface area (Å²) in [6.07, 6.45) is 4.09. The number of carbonyl (C=O) groups excluding carboxylic acids is 1. The molecular weight excluding hydrogens is 430 g/mol. The quantitative estimate of drug-likeness (QED) is 0.479. The maximum absolute atomic E-state index is 12.8. The molecule has 0 aliphatic carbocycles. The van der Waals surface area contributed by atoms with Crippen LogP contribution in [0.15, 0.2) is 36.7 Å². The molecule has 0 spiro atoms. The predicted molar refractivity (Wildman–Crippen MR) is 125 cm³/mol. The molecule has 3 heterocycles. The number of hydrogen-bond acceptors (Lipinski definition) is 6. The molecule has 168 valence electrons. The van der Waals surface area contributed by atoms with Crippen LogP contribution < -0.4 is 20.1 Å². The first-order valence-electron chi connectivity index (χ1n) is 10.3. The second kappa shape index (κ2) is 9.50. The first-order valence-corrected chi connectivity index (χ1v) is 10.7. The topological polar surface area (TPSA) is 91.5 Å². The normalized spacial score (nSPS) is 13.0. The molecule has 8 nitrogen and oxygen atoms in total. The summed E-state index contributed by atoms with van der Waals surface area (Å²) in [5.74, 6) is 0.999.